The molecule has 0 bridgehead atoms. The van der Waals surface area contributed by atoms with Crippen LogP contribution in [0.15, 0.2) is 53.5 Å². The minimum Gasteiger partial charge on any atom is -0.508 e. The predicted molar refractivity (Wildman–Crippen MR) is 244 cm³/mol. The van der Waals surface area contributed by atoms with E-state index in [1.807, 2.05) is 0 Å². The Morgan fingerprint density at radius 3 is 2.11 bits per heavy atom. The number of fused-ring (bicyclic) bond motifs is 1. The smallest absolute Gasteiger partial charge is 0.397 e. The number of aliphatic imine (C=N–C) groups is 1. The first kappa shape index (κ1) is 55.3. The molecule has 70 heavy (non-hydrogen) atoms. The van der Waals surface area contributed by atoms with Gasteiger partial charge >= 0.3 is 22.3 Å². The molecule has 0 radical (unpaired) electrons. The van der Waals surface area contributed by atoms with E-state index >= 15 is 0 Å². The molecule has 2 aromatic rings. The quantitative estimate of drug-likeness (QED) is 0.0214. The van der Waals surface area contributed by atoms with Crippen molar-refractivity contribution in [2.45, 2.75) is 126 Å². The normalized spacial score (nSPS) is 25.2. The van der Waals surface area contributed by atoms with E-state index in [9.17, 15) is 52.8 Å². The highest BCUT2D eigenvalue weighted by Gasteiger charge is 2.53. The maximum absolute atomic E-state index is 14.9. The van der Waals surface area contributed by atoms with Crippen LogP contribution in [0.4, 0.5) is 0 Å². The van der Waals surface area contributed by atoms with E-state index in [2.05, 4.69) is 19.8 Å². The molecule has 3 aliphatic rings. The second-order valence-corrected chi connectivity index (χ2v) is 18.8. The number of nitrogens with two attached hydrogens (primary N) is 2. The first-order valence-corrected chi connectivity index (χ1v) is 24.2. The summed E-state index contributed by atoms with van der Waals surface area (Å²) in [6, 6.07) is 8.56. The molecule has 11 atom stereocenters. The number of unbranched alkanes of at least 4 members (excludes halogenated alkanes) is 1. The maximum Gasteiger partial charge on any atom is 0.397 e. The molecule has 11 unspecified atom stereocenters. The Hall–Kier alpha value is -5.67. The van der Waals surface area contributed by atoms with Gasteiger partial charge in [0.05, 0.1) is 18.9 Å². The number of aliphatic hydroxyl groups is 2. The molecule has 3 fully saturated rings. The van der Waals surface area contributed by atoms with Gasteiger partial charge in [0.2, 0.25) is 11.8 Å². The number of hydrogen-bond donors (Lipinski definition) is 9. The number of amides is 3. The molecule has 2 aliphatic heterocycles. The molecule has 5 rings (SSSR count). The molecule has 3 amide bonds. The number of likely N-dealkylation sites (tertiary alicyclic amines) is 1. The highest BCUT2D eigenvalue weighted by Crippen LogP contribution is 2.42. The van der Waals surface area contributed by atoms with Gasteiger partial charge in [-0.1, -0.05) is 38.1 Å². The summed E-state index contributed by atoms with van der Waals surface area (Å²) in [6.07, 6.45) is -8.99. The lowest BCUT2D eigenvalue weighted by atomic mass is 9.82. The van der Waals surface area contributed by atoms with Crippen molar-refractivity contribution < 1.29 is 85.2 Å². The van der Waals surface area contributed by atoms with Crippen molar-refractivity contribution in [3.05, 3.63) is 59.7 Å². The number of aromatic hydroxyl groups is 2. The zero-order chi connectivity index (χ0) is 51.3. The van der Waals surface area contributed by atoms with Crippen molar-refractivity contribution in [1.82, 2.24) is 15.5 Å². The molecule has 2 saturated heterocycles. The molecule has 388 valence electrons. The molecule has 0 aromatic heterocycles. The number of nitrogens with zero attached hydrogens (tertiary/aromatic N) is 2. The molecule has 1 saturated carbocycles. The van der Waals surface area contributed by atoms with Crippen LogP contribution in [0, 0.1) is 11.8 Å². The average molecular weight is 1010 g/mol. The zero-order valence-electron chi connectivity index (χ0n) is 39.0. The van der Waals surface area contributed by atoms with Crippen LogP contribution in [0.1, 0.15) is 63.5 Å². The fourth-order valence-corrected chi connectivity index (χ4v) is 8.93. The Morgan fingerprint density at radius 2 is 1.53 bits per heavy atom. The van der Waals surface area contributed by atoms with Crippen molar-refractivity contribution >= 4 is 46.0 Å². The minimum atomic E-state index is -4.95. The van der Waals surface area contributed by atoms with Crippen LogP contribution in [0.5, 0.6) is 11.5 Å². The summed E-state index contributed by atoms with van der Waals surface area (Å²) >= 11 is 0. The van der Waals surface area contributed by atoms with Crippen LogP contribution in [-0.4, -0.2) is 168 Å². The van der Waals surface area contributed by atoms with Gasteiger partial charge in [-0.05, 0) is 85.8 Å². The van der Waals surface area contributed by atoms with Crippen molar-refractivity contribution in [3.63, 3.8) is 0 Å². The van der Waals surface area contributed by atoms with E-state index in [1.165, 1.54) is 53.4 Å². The summed E-state index contributed by atoms with van der Waals surface area (Å²) in [5, 5.41) is 47.6. The number of rotatable bonds is 23. The number of phenols is 2. The number of phenolic OH excluding ortho intramolecular Hbond substituents is 2. The third-order valence-corrected chi connectivity index (χ3v) is 12.7. The topological polar surface area (TPSA) is 368 Å². The second kappa shape index (κ2) is 25.4. The molecule has 0 spiro atoms. The summed E-state index contributed by atoms with van der Waals surface area (Å²) in [5.41, 5.74) is 11.8. The maximum atomic E-state index is 14.9. The van der Waals surface area contributed by atoms with Crippen LogP contribution < -0.4 is 22.1 Å². The van der Waals surface area contributed by atoms with Gasteiger partial charge in [0, 0.05) is 26.2 Å². The summed E-state index contributed by atoms with van der Waals surface area (Å²) in [5.74, 6) is -4.60. The number of benzene rings is 2. The first-order chi connectivity index (χ1) is 33.1. The number of aliphatic hydroxyl groups excluding tert-OH is 2. The van der Waals surface area contributed by atoms with Gasteiger partial charge in [0.25, 0.3) is 5.91 Å². The second-order valence-electron chi connectivity index (χ2n) is 17.7. The Balaban J connectivity index is 1.38. The van der Waals surface area contributed by atoms with E-state index in [0.717, 1.165) is 7.11 Å². The minimum absolute atomic E-state index is 0.00238. The van der Waals surface area contributed by atoms with Crippen LogP contribution >= 0.6 is 0 Å². The van der Waals surface area contributed by atoms with Crippen molar-refractivity contribution in [1.29, 1.82) is 0 Å². The number of ether oxygens (including phenoxy) is 5. The highest BCUT2D eigenvalue weighted by atomic mass is 32.3. The lowest BCUT2D eigenvalue weighted by molar-refractivity contribution is -0.316. The number of nitrogens with one attached hydrogen (secondary N) is 2. The SMILES string of the molecule is COC(COS(=O)(=O)O)C(=O)NC(C(=O)N1C(C(=O)NCCCCN=C(N)N)CC2CCC(OC3OC(COC(=O)Cc4ccc(O)cc4)C(O)C(O)C3OC(=O)Cc3ccc(O)cc3)CC21)C(C)C. The molecule has 24 nitrogen and oxygen atoms in total. The van der Waals surface area contributed by atoms with Crippen LogP contribution in [-0.2, 0) is 75.1 Å². The largest absolute Gasteiger partial charge is 0.508 e. The van der Waals surface area contributed by atoms with Gasteiger partial charge in [-0.15, -0.1) is 0 Å². The van der Waals surface area contributed by atoms with Gasteiger partial charge < -0.3 is 71.1 Å². The van der Waals surface area contributed by atoms with Gasteiger partial charge in [-0.25, -0.2) is 4.18 Å². The Kier molecular flexibility index (Phi) is 20.1. The lowest BCUT2D eigenvalue weighted by Crippen LogP contribution is -2.62. The first-order valence-electron chi connectivity index (χ1n) is 22.8. The van der Waals surface area contributed by atoms with Crippen molar-refractivity contribution in [3.8, 4) is 11.5 Å². The molecule has 1 aliphatic carbocycles. The standard InChI is InChI=1S/C45H64N6O18S/c1-24(2)37(50-42(59)34(64-3)23-66-70(61,62)63)43(60)51-31-21-30(15-10-27(31)20-32(51)41(58)48-16-4-5-17-49-45(46)47)67-44-40(69-36(55)19-26-8-13-29(53)14-9-26)39(57)38(56)33(68-44)22-65-35(54)18-25-6-11-28(52)12-7-25/h6-9,11-14,24,27,30-34,37-40,44,52-53,56-57H,4-5,10,15-23H2,1-3H3,(H,48,58)(H,50,59)(H4,46,47,49)(H,61,62,63). The molecule has 2 aromatic carbocycles. The fraction of sp³-hybridized carbons (Fsp3) is 0.600. The molecule has 11 N–H and O–H groups in total. The number of carbonyl (C=O) groups excluding carboxylic acids is 5. The monoisotopic (exact) mass is 1010 g/mol. The number of hydrogen-bond acceptors (Lipinski definition) is 18. The third kappa shape index (κ3) is 15.9. The number of carbonyl (C=O) groups is 5. The van der Waals surface area contributed by atoms with Crippen LogP contribution in [0.3, 0.4) is 0 Å². The van der Waals surface area contributed by atoms with Gasteiger partial charge in [0.15, 0.2) is 24.5 Å². The molecular formula is C45H64N6O18S. The van der Waals surface area contributed by atoms with Gasteiger partial charge in [-0.2, -0.15) is 8.42 Å². The number of esters is 2. The summed E-state index contributed by atoms with van der Waals surface area (Å²) in [4.78, 5) is 73.8. The van der Waals surface area contributed by atoms with E-state index in [1.54, 1.807) is 13.8 Å². The summed E-state index contributed by atoms with van der Waals surface area (Å²) in [6.45, 7) is 2.38. The third-order valence-electron chi connectivity index (χ3n) is 12.3. The van der Waals surface area contributed by atoms with Gasteiger partial charge in [0.1, 0.15) is 55.1 Å². The molecule has 25 heteroatoms. The molecule has 2 heterocycles. The van der Waals surface area contributed by atoms with Crippen molar-refractivity contribution in [2.75, 3.05) is 33.4 Å². The predicted octanol–water partition coefficient (Wildman–Crippen LogP) is -0.915. The highest BCUT2D eigenvalue weighted by molar-refractivity contribution is 7.80. The van der Waals surface area contributed by atoms with E-state index in [4.69, 9.17) is 39.7 Å². The van der Waals surface area contributed by atoms with Crippen LogP contribution in [0.25, 0.3) is 0 Å². The Morgan fingerprint density at radius 1 is 0.900 bits per heavy atom. The van der Waals surface area contributed by atoms with E-state index < -0.39 is 120 Å². The number of methoxy groups -OCH3 is 1. The molecular weight excluding hydrogens is 945 g/mol. The lowest BCUT2D eigenvalue weighted by Gasteiger charge is -2.44. The van der Waals surface area contributed by atoms with Gasteiger partial charge in [-0.3, -0.25) is 33.5 Å². The van der Waals surface area contributed by atoms with E-state index in [-0.39, 0.29) is 55.6 Å². The Labute approximate surface area is 404 Å². The summed E-state index contributed by atoms with van der Waals surface area (Å²) in [7, 11) is -3.86. The number of guanidine groups is 1. The zero-order valence-corrected chi connectivity index (χ0v) is 39.8. The van der Waals surface area contributed by atoms with E-state index in [0.29, 0.717) is 43.4 Å². The van der Waals surface area contributed by atoms with Crippen molar-refractivity contribution in [2.24, 2.45) is 28.3 Å². The summed E-state index contributed by atoms with van der Waals surface area (Å²) < 4.78 is 64.9. The Bertz CT molecular complexity index is 2230. The average Bonchev–Trinajstić information content (AvgIpc) is 3.68. The van der Waals surface area contributed by atoms with Crippen LogP contribution in [0.2, 0.25) is 0 Å². The fourth-order valence-electron chi connectivity index (χ4n) is 8.63.